The van der Waals surface area contributed by atoms with E-state index in [0.717, 1.165) is 40.6 Å². The minimum Gasteiger partial charge on any atom is -0.252 e. The Kier molecular flexibility index (Phi) is 6.03. The van der Waals surface area contributed by atoms with Crippen LogP contribution in [0.2, 0.25) is 0 Å². The van der Waals surface area contributed by atoms with Crippen LogP contribution in [0.5, 0.6) is 0 Å². The Bertz CT molecular complexity index is 984. The van der Waals surface area contributed by atoms with Crippen LogP contribution >= 0.6 is 0 Å². The van der Waals surface area contributed by atoms with Crippen molar-refractivity contribution < 1.29 is 0 Å². The predicted octanol–water partition coefficient (Wildman–Crippen LogP) is 7.04. The molecule has 3 rings (SSSR count). The summed E-state index contributed by atoms with van der Waals surface area (Å²) < 4.78 is 0. The standard InChI is InChI=1S/C25H29N3/c1-16(2)21-12-7-8-13-24(21)26-19(5)22-14-15-23(28-22)20(6)27-25-17(3)10-9-11-18(25)4/h7-13,15-16H,14H2,1-6H3. The number of allylic oxidation sites excluding steroid dienone is 2. The van der Waals surface area contributed by atoms with Gasteiger partial charge < -0.3 is 0 Å². The Morgan fingerprint density at radius 1 is 0.893 bits per heavy atom. The van der Waals surface area contributed by atoms with Crippen LogP contribution in [0.1, 0.15) is 56.7 Å². The molecular weight excluding hydrogens is 342 g/mol. The smallest absolute Gasteiger partial charge is 0.0810 e. The Morgan fingerprint density at radius 2 is 1.57 bits per heavy atom. The largest absolute Gasteiger partial charge is 0.252 e. The van der Waals surface area contributed by atoms with Crippen molar-refractivity contribution >= 4 is 28.5 Å². The van der Waals surface area contributed by atoms with Crippen LogP contribution in [0.15, 0.2) is 69.2 Å². The van der Waals surface area contributed by atoms with E-state index in [1.807, 2.05) is 19.9 Å². The zero-order valence-corrected chi connectivity index (χ0v) is 17.7. The van der Waals surface area contributed by atoms with Crippen LogP contribution < -0.4 is 0 Å². The average molecular weight is 372 g/mol. The highest BCUT2D eigenvalue weighted by atomic mass is 14.9. The van der Waals surface area contributed by atoms with Gasteiger partial charge in [-0.05, 0) is 56.4 Å². The van der Waals surface area contributed by atoms with Gasteiger partial charge in [0, 0.05) is 6.42 Å². The molecule has 0 amide bonds. The van der Waals surface area contributed by atoms with Crippen molar-refractivity contribution in [2.75, 3.05) is 0 Å². The third-order valence-corrected chi connectivity index (χ3v) is 5.10. The molecule has 1 aliphatic rings. The van der Waals surface area contributed by atoms with Gasteiger partial charge >= 0.3 is 0 Å². The summed E-state index contributed by atoms with van der Waals surface area (Å²) in [4.78, 5) is 14.6. The maximum absolute atomic E-state index is 4.88. The molecule has 0 N–H and O–H groups in total. The molecule has 0 aliphatic carbocycles. The number of benzene rings is 2. The van der Waals surface area contributed by atoms with Crippen LogP contribution in [-0.4, -0.2) is 17.1 Å². The van der Waals surface area contributed by atoms with Crippen molar-refractivity contribution in [3.63, 3.8) is 0 Å². The molecule has 0 saturated carbocycles. The van der Waals surface area contributed by atoms with Gasteiger partial charge in [-0.1, -0.05) is 56.3 Å². The van der Waals surface area contributed by atoms with Crippen LogP contribution in [0.4, 0.5) is 11.4 Å². The van der Waals surface area contributed by atoms with E-state index in [-0.39, 0.29) is 0 Å². The van der Waals surface area contributed by atoms with Crippen molar-refractivity contribution in [2.24, 2.45) is 15.0 Å². The number of para-hydroxylation sites is 2. The first-order chi connectivity index (χ1) is 13.4. The molecule has 1 heterocycles. The van der Waals surface area contributed by atoms with Gasteiger partial charge in [0.05, 0.1) is 34.2 Å². The summed E-state index contributed by atoms with van der Waals surface area (Å²) in [7, 11) is 0. The molecular formula is C25H29N3. The third kappa shape index (κ3) is 4.36. The van der Waals surface area contributed by atoms with Crippen LogP contribution in [0.25, 0.3) is 0 Å². The summed E-state index contributed by atoms with van der Waals surface area (Å²) in [6.45, 7) is 12.7. The molecule has 144 valence electrons. The van der Waals surface area contributed by atoms with E-state index in [1.165, 1.54) is 16.7 Å². The zero-order chi connectivity index (χ0) is 20.3. The first-order valence-corrected chi connectivity index (χ1v) is 9.91. The molecule has 1 aliphatic heterocycles. The Hall–Kier alpha value is -2.81. The molecule has 0 radical (unpaired) electrons. The molecule has 0 spiro atoms. The van der Waals surface area contributed by atoms with Gasteiger partial charge in [0.15, 0.2) is 0 Å². The van der Waals surface area contributed by atoms with E-state index in [0.29, 0.717) is 5.92 Å². The Morgan fingerprint density at radius 3 is 2.25 bits per heavy atom. The number of aryl methyl sites for hydroxylation is 2. The fourth-order valence-electron chi connectivity index (χ4n) is 3.42. The highest BCUT2D eigenvalue weighted by Gasteiger charge is 2.15. The second kappa shape index (κ2) is 8.47. The number of nitrogens with zero attached hydrogens (tertiary/aromatic N) is 3. The maximum Gasteiger partial charge on any atom is 0.0810 e. The second-order valence-electron chi connectivity index (χ2n) is 7.70. The molecule has 0 bridgehead atoms. The molecule has 0 fully saturated rings. The van der Waals surface area contributed by atoms with Crippen molar-refractivity contribution in [3.8, 4) is 0 Å². The molecule has 0 unspecified atom stereocenters. The zero-order valence-electron chi connectivity index (χ0n) is 17.7. The number of hydrogen-bond acceptors (Lipinski definition) is 3. The van der Waals surface area contributed by atoms with E-state index in [1.54, 1.807) is 0 Å². The fourth-order valence-corrected chi connectivity index (χ4v) is 3.42. The van der Waals surface area contributed by atoms with Crippen molar-refractivity contribution in [2.45, 2.75) is 53.9 Å². The van der Waals surface area contributed by atoms with Gasteiger partial charge in [-0.3, -0.25) is 9.98 Å². The Balaban J connectivity index is 1.86. The van der Waals surface area contributed by atoms with Gasteiger partial charge in [0.1, 0.15) is 0 Å². The lowest BCUT2D eigenvalue weighted by Gasteiger charge is -2.10. The first-order valence-electron chi connectivity index (χ1n) is 9.91. The minimum absolute atomic E-state index is 0.443. The predicted molar refractivity (Wildman–Crippen MR) is 122 cm³/mol. The lowest BCUT2D eigenvalue weighted by molar-refractivity contribution is 0.867. The highest BCUT2D eigenvalue weighted by molar-refractivity contribution is 6.43. The Labute approximate surface area is 168 Å². The lowest BCUT2D eigenvalue weighted by Crippen LogP contribution is -2.07. The minimum atomic E-state index is 0.443. The summed E-state index contributed by atoms with van der Waals surface area (Å²) in [5.41, 5.74) is 9.60. The van der Waals surface area contributed by atoms with Gasteiger partial charge in [0.2, 0.25) is 0 Å². The normalized spacial score (nSPS) is 15.1. The summed E-state index contributed by atoms with van der Waals surface area (Å²) >= 11 is 0. The summed E-state index contributed by atoms with van der Waals surface area (Å²) in [5, 5.41) is 0. The highest BCUT2D eigenvalue weighted by Crippen LogP contribution is 2.28. The number of hydrogen-bond donors (Lipinski definition) is 0. The van der Waals surface area contributed by atoms with Gasteiger partial charge in [-0.25, -0.2) is 4.99 Å². The number of aliphatic imine (C=N–C) groups is 3. The van der Waals surface area contributed by atoms with Crippen LogP contribution in [0.3, 0.4) is 0 Å². The summed E-state index contributed by atoms with van der Waals surface area (Å²) in [6, 6.07) is 14.6. The number of rotatable bonds is 5. The maximum atomic E-state index is 4.88. The monoisotopic (exact) mass is 371 g/mol. The van der Waals surface area contributed by atoms with Gasteiger partial charge in [-0.2, -0.15) is 0 Å². The van der Waals surface area contributed by atoms with Gasteiger partial charge in [-0.15, -0.1) is 0 Å². The topological polar surface area (TPSA) is 37.1 Å². The third-order valence-electron chi connectivity index (χ3n) is 5.10. The lowest BCUT2D eigenvalue weighted by atomic mass is 10.0. The van der Waals surface area contributed by atoms with E-state index >= 15 is 0 Å². The SMILES string of the molecule is CC(=Nc1c(C)cccc1C)C1=CCC(C(C)=Nc2ccccc2C(C)C)=N1. The molecule has 0 atom stereocenters. The van der Waals surface area contributed by atoms with E-state index in [4.69, 9.17) is 15.0 Å². The van der Waals surface area contributed by atoms with E-state index < -0.39 is 0 Å². The van der Waals surface area contributed by atoms with Crippen molar-refractivity contribution in [3.05, 3.63) is 70.9 Å². The van der Waals surface area contributed by atoms with E-state index in [2.05, 4.69) is 70.2 Å². The van der Waals surface area contributed by atoms with Crippen LogP contribution in [0, 0.1) is 13.8 Å². The van der Waals surface area contributed by atoms with Crippen molar-refractivity contribution in [1.82, 2.24) is 0 Å². The fraction of sp³-hybridized carbons (Fsp3) is 0.320. The summed E-state index contributed by atoms with van der Waals surface area (Å²) in [6.07, 6.45) is 2.95. The molecule has 3 nitrogen and oxygen atoms in total. The molecule has 0 aromatic heterocycles. The quantitative estimate of drug-likeness (QED) is 0.505. The van der Waals surface area contributed by atoms with E-state index in [9.17, 15) is 0 Å². The molecule has 0 saturated heterocycles. The average Bonchev–Trinajstić information content (AvgIpc) is 3.15. The van der Waals surface area contributed by atoms with Crippen LogP contribution in [-0.2, 0) is 0 Å². The van der Waals surface area contributed by atoms with Crippen molar-refractivity contribution in [1.29, 1.82) is 0 Å². The molecule has 28 heavy (non-hydrogen) atoms. The van der Waals surface area contributed by atoms with Gasteiger partial charge in [0.25, 0.3) is 0 Å². The molecule has 2 aromatic rings. The molecule has 2 aromatic carbocycles. The first kappa shape index (κ1) is 19.9. The molecule has 3 heteroatoms. The summed E-state index contributed by atoms with van der Waals surface area (Å²) in [5.74, 6) is 0.443. The second-order valence-corrected chi connectivity index (χ2v) is 7.70.